The molecule has 0 rings (SSSR count). The van der Waals surface area contributed by atoms with Gasteiger partial charge >= 0.3 is 0 Å². The van der Waals surface area contributed by atoms with E-state index in [-0.39, 0.29) is 18.2 Å². The molecule has 0 aliphatic heterocycles. The Labute approximate surface area is 109 Å². The number of ether oxygens (including phenoxy) is 1. The third-order valence-electron chi connectivity index (χ3n) is 2.42. The van der Waals surface area contributed by atoms with E-state index in [0.717, 1.165) is 12.8 Å². The Morgan fingerprint density at radius 2 is 2.00 bits per heavy atom. The first-order valence-corrected chi connectivity index (χ1v) is 6.40. The Morgan fingerprint density at radius 1 is 1.28 bits per heavy atom. The van der Waals surface area contributed by atoms with Crippen molar-refractivity contribution in [2.75, 3.05) is 26.8 Å². The van der Waals surface area contributed by atoms with Crippen LogP contribution in [0.15, 0.2) is 0 Å². The first kappa shape index (κ1) is 16.9. The third kappa shape index (κ3) is 8.95. The van der Waals surface area contributed by atoms with Gasteiger partial charge < -0.3 is 21.1 Å². The zero-order valence-electron chi connectivity index (χ0n) is 11.3. The van der Waals surface area contributed by atoms with Crippen molar-refractivity contribution in [3.8, 4) is 0 Å². The highest BCUT2D eigenvalue weighted by molar-refractivity contribution is 5.82. The van der Waals surface area contributed by atoms with E-state index in [1.165, 1.54) is 0 Å². The number of carbonyl (C=O) groups is 2. The van der Waals surface area contributed by atoms with Crippen LogP contribution in [-0.2, 0) is 14.3 Å². The fourth-order valence-electron chi connectivity index (χ4n) is 1.36. The summed E-state index contributed by atoms with van der Waals surface area (Å²) in [6.07, 6.45) is 2.53. The number of nitrogens with two attached hydrogens (primary N) is 1. The van der Waals surface area contributed by atoms with Gasteiger partial charge in [-0.1, -0.05) is 6.92 Å². The zero-order chi connectivity index (χ0) is 13.8. The number of nitrogens with one attached hydrogen (secondary N) is 2. The van der Waals surface area contributed by atoms with E-state index in [1.54, 1.807) is 7.11 Å². The van der Waals surface area contributed by atoms with Crippen molar-refractivity contribution in [2.45, 2.75) is 38.6 Å². The van der Waals surface area contributed by atoms with Gasteiger partial charge in [0.25, 0.3) is 0 Å². The van der Waals surface area contributed by atoms with Crippen LogP contribution < -0.4 is 16.4 Å². The molecule has 0 aliphatic carbocycles. The maximum atomic E-state index is 11.5. The molecule has 0 bridgehead atoms. The summed E-state index contributed by atoms with van der Waals surface area (Å²) in [6, 6.07) is -0.529. The molecule has 18 heavy (non-hydrogen) atoms. The second kappa shape index (κ2) is 11.0. The summed E-state index contributed by atoms with van der Waals surface area (Å²) in [4.78, 5) is 22.8. The largest absolute Gasteiger partial charge is 0.385 e. The Balaban J connectivity index is 3.59. The molecule has 0 spiro atoms. The highest BCUT2D eigenvalue weighted by Crippen LogP contribution is 1.95. The van der Waals surface area contributed by atoms with Crippen LogP contribution in [-0.4, -0.2) is 44.7 Å². The second-order valence-electron chi connectivity index (χ2n) is 4.13. The van der Waals surface area contributed by atoms with Crippen molar-refractivity contribution in [3.05, 3.63) is 0 Å². The molecule has 0 saturated carbocycles. The van der Waals surface area contributed by atoms with Crippen LogP contribution in [0.1, 0.15) is 32.6 Å². The van der Waals surface area contributed by atoms with Crippen molar-refractivity contribution in [1.29, 1.82) is 0 Å². The summed E-state index contributed by atoms with van der Waals surface area (Å²) in [5, 5.41) is 5.39. The van der Waals surface area contributed by atoms with Gasteiger partial charge in [-0.15, -0.1) is 0 Å². The van der Waals surface area contributed by atoms with Crippen LogP contribution in [0.2, 0.25) is 0 Å². The minimum absolute atomic E-state index is 0.0508. The smallest absolute Gasteiger partial charge is 0.236 e. The van der Waals surface area contributed by atoms with Crippen LogP contribution in [0.5, 0.6) is 0 Å². The standard InChI is InChI=1S/C12H25N3O3/c1-3-7-14-11(16)6-8-15-12(17)10(13)5-4-9-18-2/h10H,3-9,13H2,1-2H3,(H,14,16)(H,15,17). The highest BCUT2D eigenvalue weighted by atomic mass is 16.5. The van der Waals surface area contributed by atoms with Gasteiger partial charge in [0.05, 0.1) is 6.04 Å². The van der Waals surface area contributed by atoms with Crippen molar-refractivity contribution in [3.63, 3.8) is 0 Å². The highest BCUT2D eigenvalue weighted by Gasteiger charge is 2.12. The van der Waals surface area contributed by atoms with Gasteiger partial charge in [-0.05, 0) is 19.3 Å². The summed E-state index contributed by atoms with van der Waals surface area (Å²) in [5.41, 5.74) is 5.69. The molecule has 6 nitrogen and oxygen atoms in total. The molecule has 106 valence electrons. The van der Waals surface area contributed by atoms with Gasteiger partial charge in [-0.2, -0.15) is 0 Å². The molecular formula is C12H25N3O3. The fraction of sp³-hybridized carbons (Fsp3) is 0.833. The molecule has 2 amide bonds. The van der Waals surface area contributed by atoms with Crippen molar-refractivity contribution < 1.29 is 14.3 Å². The van der Waals surface area contributed by atoms with Crippen molar-refractivity contribution in [1.82, 2.24) is 10.6 Å². The lowest BCUT2D eigenvalue weighted by Crippen LogP contribution is -2.42. The first-order valence-electron chi connectivity index (χ1n) is 6.40. The number of hydrogen-bond acceptors (Lipinski definition) is 4. The van der Waals surface area contributed by atoms with Crippen LogP contribution in [0.3, 0.4) is 0 Å². The van der Waals surface area contributed by atoms with E-state index in [1.807, 2.05) is 6.92 Å². The van der Waals surface area contributed by atoms with Gasteiger partial charge in [0.2, 0.25) is 11.8 Å². The van der Waals surface area contributed by atoms with Gasteiger partial charge in [-0.3, -0.25) is 9.59 Å². The molecule has 0 aromatic rings. The van der Waals surface area contributed by atoms with E-state index in [0.29, 0.717) is 26.1 Å². The Bertz CT molecular complexity index is 247. The quantitative estimate of drug-likeness (QED) is 0.473. The Hall–Kier alpha value is -1.14. The molecule has 0 aromatic carbocycles. The topological polar surface area (TPSA) is 93.5 Å². The maximum absolute atomic E-state index is 11.5. The average molecular weight is 259 g/mol. The summed E-state index contributed by atoms with van der Waals surface area (Å²) in [6.45, 7) is 3.58. The minimum atomic E-state index is -0.529. The first-order chi connectivity index (χ1) is 8.61. The lowest BCUT2D eigenvalue weighted by atomic mass is 10.1. The predicted octanol–water partition coefficient (Wildman–Crippen LogP) is -0.227. The Kier molecular flexibility index (Phi) is 10.3. The number of amides is 2. The molecule has 1 atom stereocenters. The second-order valence-corrected chi connectivity index (χ2v) is 4.13. The van der Waals surface area contributed by atoms with E-state index in [4.69, 9.17) is 10.5 Å². The van der Waals surface area contributed by atoms with Gasteiger partial charge in [-0.25, -0.2) is 0 Å². The monoisotopic (exact) mass is 259 g/mol. The van der Waals surface area contributed by atoms with Crippen LogP contribution in [0.4, 0.5) is 0 Å². The van der Waals surface area contributed by atoms with Crippen molar-refractivity contribution in [2.24, 2.45) is 5.73 Å². The predicted molar refractivity (Wildman–Crippen MR) is 70.0 cm³/mol. The summed E-state index contributed by atoms with van der Waals surface area (Å²) in [7, 11) is 1.61. The molecular weight excluding hydrogens is 234 g/mol. The molecule has 0 aromatic heterocycles. The third-order valence-corrected chi connectivity index (χ3v) is 2.42. The minimum Gasteiger partial charge on any atom is -0.385 e. The number of rotatable bonds is 10. The van der Waals surface area contributed by atoms with Gasteiger partial charge in [0, 0.05) is 33.2 Å². The normalized spacial score (nSPS) is 11.9. The van der Waals surface area contributed by atoms with E-state index in [2.05, 4.69) is 10.6 Å². The lowest BCUT2D eigenvalue weighted by molar-refractivity contribution is -0.123. The Morgan fingerprint density at radius 3 is 2.61 bits per heavy atom. The van der Waals surface area contributed by atoms with Gasteiger partial charge in [0.15, 0.2) is 0 Å². The van der Waals surface area contributed by atoms with E-state index in [9.17, 15) is 9.59 Å². The molecule has 1 unspecified atom stereocenters. The number of carbonyl (C=O) groups excluding carboxylic acids is 2. The number of methoxy groups -OCH3 is 1. The fourth-order valence-corrected chi connectivity index (χ4v) is 1.36. The molecule has 4 N–H and O–H groups in total. The van der Waals surface area contributed by atoms with Crippen LogP contribution in [0.25, 0.3) is 0 Å². The van der Waals surface area contributed by atoms with E-state index >= 15 is 0 Å². The van der Waals surface area contributed by atoms with E-state index < -0.39 is 6.04 Å². The molecule has 0 saturated heterocycles. The number of hydrogen-bond donors (Lipinski definition) is 3. The van der Waals surface area contributed by atoms with Crippen molar-refractivity contribution >= 4 is 11.8 Å². The summed E-state index contributed by atoms with van der Waals surface area (Å²) >= 11 is 0. The average Bonchev–Trinajstić information content (AvgIpc) is 2.36. The van der Waals surface area contributed by atoms with Gasteiger partial charge in [0.1, 0.15) is 0 Å². The maximum Gasteiger partial charge on any atom is 0.236 e. The molecule has 0 radical (unpaired) electrons. The van der Waals surface area contributed by atoms with Crippen LogP contribution in [0, 0.1) is 0 Å². The lowest BCUT2D eigenvalue weighted by Gasteiger charge is -2.11. The molecule has 6 heteroatoms. The summed E-state index contributed by atoms with van der Waals surface area (Å²) in [5.74, 6) is -0.264. The van der Waals surface area contributed by atoms with Crippen LogP contribution >= 0.6 is 0 Å². The SMILES string of the molecule is CCCNC(=O)CCNC(=O)C(N)CCCOC. The summed E-state index contributed by atoms with van der Waals surface area (Å²) < 4.78 is 4.88. The molecule has 0 heterocycles. The molecule has 0 fully saturated rings. The molecule has 0 aliphatic rings. The zero-order valence-corrected chi connectivity index (χ0v) is 11.3.